The summed E-state index contributed by atoms with van der Waals surface area (Å²) in [5.41, 5.74) is 1.67. The maximum atomic E-state index is 12.3. The summed E-state index contributed by atoms with van der Waals surface area (Å²) in [5, 5.41) is 14.2. The first-order valence-electron chi connectivity index (χ1n) is 9.05. The van der Waals surface area contributed by atoms with Crippen molar-refractivity contribution >= 4 is 22.5 Å². The van der Waals surface area contributed by atoms with E-state index < -0.39 is 0 Å². The van der Waals surface area contributed by atoms with Gasteiger partial charge in [0.05, 0.1) is 5.69 Å². The van der Waals surface area contributed by atoms with E-state index in [1.165, 1.54) is 0 Å². The molecule has 0 bridgehead atoms. The number of nitrogens with zero attached hydrogens (tertiary/aromatic N) is 3. The second-order valence-electron chi connectivity index (χ2n) is 6.76. The van der Waals surface area contributed by atoms with Gasteiger partial charge in [0.15, 0.2) is 5.82 Å². The monoisotopic (exact) mass is 346 g/mol. The number of hydrogen-bond acceptors (Lipinski definition) is 4. The van der Waals surface area contributed by atoms with Crippen LogP contribution in [0.3, 0.4) is 0 Å². The molecule has 26 heavy (non-hydrogen) atoms. The minimum absolute atomic E-state index is 0.00428. The number of amides is 1. The van der Waals surface area contributed by atoms with E-state index in [4.69, 9.17) is 0 Å². The first kappa shape index (κ1) is 16.5. The van der Waals surface area contributed by atoms with Crippen LogP contribution in [0.15, 0.2) is 54.6 Å². The van der Waals surface area contributed by atoms with Crippen molar-refractivity contribution < 1.29 is 4.79 Å². The van der Waals surface area contributed by atoms with Crippen LogP contribution in [-0.2, 0) is 0 Å². The Morgan fingerprint density at radius 1 is 0.962 bits per heavy atom. The number of aryl methyl sites for hydroxylation is 1. The highest BCUT2D eigenvalue weighted by Crippen LogP contribution is 2.27. The number of carbonyl (C=O) groups is 1. The number of hydrogen-bond donors (Lipinski definition) is 1. The SMILES string of the molecule is Cc1nnc(N2CCC(NC(=O)c3ccccc3)CC2)c2ccccc12. The quantitative estimate of drug-likeness (QED) is 0.790. The number of nitrogens with one attached hydrogen (secondary N) is 1. The average molecular weight is 346 g/mol. The summed E-state index contributed by atoms with van der Waals surface area (Å²) in [5.74, 6) is 0.948. The van der Waals surface area contributed by atoms with E-state index in [-0.39, 0.29) is 11.9 Å². The summed E-state index contributed by atoms with van der Waals surface area (Å²) in [6.07, 6.45) is 1.81. The molecule has 0 saturated carbocycles. The van der Waals surface area contributed by atoms with Gasteiger partial charge >= 0.3 is 0 Å². The lowest BCUT2D eigenvalue weighted by molar-refractivity contribution is 0.0931. The Morgan fingerprint density at radius 3 is 2.35 bits per heavy atom. The Kier molecular flexibility index (Phi) is 4.52. The van der Waals surface area contributed by atoms with Gasteiger partial charge in [-0.25, -0.2) is 0 Å². The normalized spacial score (nSPS) is 15.2. The van der Waals surface area contributed by atoms with Crippen LogP contribution in [0.1, 0.15) is 28.9 Å². The Labute approximate surface area is 153 Å². The fraction of sp³-hybridized carbons (Fsp3) is 0.286. The van der Waals surface area contributed by atoms with Gasteiger partial charge in [-0.15, -0.1) is 5.10 Å². The fourth-order valence-corrected chi connectivity index (χ4v) is 3.55. The summed E-state index contributed by atoms with van der Waals surface area (Å²) in [7, 11) is 0. The van der Waals surface area contributed by atoms with Gasteiger partial charge in [-0.2, -0.15) is 5.10 Å². The summed E-state index contributed by atoms with van der Waals surface area (Å²) >= 11 is 0. The number of rotatable bonds is 3. The van der Waals surface area contributed by atoms with Crippen LogP contribution in [-0.4, -0.2) is 35.2 Å². The van der Waals surface area contributed by atoms with Crippen LogP contribution in [0.5, 0.6) is 0 Å². The largest absolute Gasteiger partial charge is 0.354 e. The molecule has 0 aliphatic carbocycles. The van der Waals surface area contributed by atoms with Crippen LogP contribution in [0, 0.1) is 6.92 Å². The molecule has 132 valence electrons. The Morgan fingerprint density at radius 2 is 1.62 bits per heavy atom. The number of aromatic nitrogens is 2. The minimum Gasteiger partial charge on any atom is -0.354 e. The molecule has 3 aromatic rings. The van der Waals surface area contributed by atoms with Crippen molar-refractivity contribution in [2.24, 2.45) is 0 Å². The van der Waals surface area contributed by atoms with Gasteiger partial charge in [0.2, 0.25) is 0 Å². The molecule has 1 saturated heterocycles. The molecule has 2 aromatic carbocycles. The van der Waals surface area contributed by atoms with Crippen LogP contribution in [0.4, 0.5) is 5.82 Å². The summed E-state index contributed by atoms with van der Waals surface area (Å²) < 4.78 is 0. The lowest BCUT2D eigenvalue weighted by atomic mass is 10.0. The van der Waals surface area contributed by atoms with Gasteiger partial charge in [0, 0.05) is 35.5 Å². The summed E-state index contributed by atoms with van der Waals surface area (Å²) in [6, 6.07) is 17.9. The Bertz CT molecular complexity index is 918. The van der Waals surface area contributed by atoms with Crippen molar-refractivity contribution in [1.29, 1.82) is 0 Å². The molecule has 1 N–H and O–H groups in total. The van der Waals surface area contributed by atoms with Gasteiger partial charge in [-0.3, -0.25) is 4.79 Å². The Hall–Kier alpha value is -2.95. The van der Waals surface area contributed by atoms with Crippen LogP contribution >= 0.6 is 0 Å². The molecule has 1 aliphatic heterocycles. The van der Waals surface area contributed by atoms with E-state index in [9.17, 15) is 4.79 Å². The van der Waals surface area contributed by atoms with Crippen molar-refractivity contribution in [3.63, 3.8) is 0 Å². The number of carbonyl (C=O) groups excluding carboxylic acids is 1. The number of benzene rings is 2. The molecule has 0 atom stereocenters. The predicted molar refractivity (Wildman–Crippen MR) is 103 cm³/mol. The average Bonchev–Trinajstić information content (AvgIpc) is 2.70. The smallest absolute Gasteiger partial charge is 0.251 e. The topological polar surface area (TPSA) is 58.1 Å². The van der Waals surface area contributed by atoms with E-state index in [1.54, 1.807) is 0 Å². The van der Waals surface area contributed by atoms with E-state index >= 15 is 0 Å². The van der Waals surface area contributed by atoms with Gasteiger partial charge in [0.25, 0.3) is 5.91 Å². The van der Waals surface area contributed by atoms with Crippen molar-refractivity contribution in [2.75, 3.05) is 18.0 Å². The Balaban J connectivity index is 1.44. The van der Waals surface area contributed by atoms with Crippen molar-refractivity contribution in [3.8, 4) is 0 Å². The zero-order chi connectivity index (χ0) is 17.9. The third-order valence-electron chi connectivity index (χ3n) is 5.02. The lowest BCUT2D eigenvalue weighted by Crippen LogP contribution is -2.45. The molecule has 0 radical (unpaired) electrons. The highest BCUT2D eigenvalue weighted by atomic mass is 16.1. The molecule has 1 aliphatic rings. The molecular weight excluding hydrogens is 324 g/mol. The van der Waals surface area contributed by atoms with Gasteiger partial charge in [-0.1, -0.05) is 42.5 Å². The van der Waals surface area contributed by atoms with Crippen LogP contribution in [0.2, 0.25) is 0 Å². The van der Waals surface area contributed by atoms with E-state index in [1.807, 2.05) is 49.4 Å². The van der Waals surface area contributed by atoms with Crippen LogP contribution < -0.4 is 10.2 Å². The molecule has 0 unspecified atom stereocenters. The van der Waals surface area contributed by atoms with E-state index in [0.29, 0.717) is 5.56 Å². The molecule has 5 nitrogen and oxygen atoms in total. The molecule has 1 amide bonds. The van der Waals surface area contributed by atoms with Crippen molar-refractivity contribution in [3.05, 3.63) is 65.9 Å². The summed E-state index contributed by atoms with van der Waals surface area (Å²) in [6.45, 7) is 3.72. The first-order chi connectivity index (χ1) is 12.7. The van der Waals surface area contributed by atoms with E-state index in [2.05, 4.69) is 32.5 Å². The highest BCUT2D eigenvalue weighted by molar-refractivity contribution is 5.94. The second kappa shape index (κ2) is 7.12. The number of piperidine rings is 1. The zero-order valence-electron chi connectivity index (χ0n) is 14.9. The number of anilines is 1. The first-order valence-corrected chi connectivity index (χ1v) is 9.05. The minimum atomic E-state index is 0.00428. The van der Waals surface area contributed by atoms with Crippen molar-refractivity contribution in [2.45, 2.75) is 25.8 Å². The molecule has 2 heterocycles. The third kappa shape index (κ3) is 3.25. The lowest BCUT2D eigenvalue weighted by Gasteiger charge is -2.33. The molecule has 1 fully saturated rings. The number of fused-ring (bicyclic) bond motifs is 1. The van der Waals surface area contributed by atoms with Crippen LogP contribution in [0.25, 0.3) is 10.8 Å². The van der Waals surface area contributed by atoms with E-state index in [0.717, 1.165) is 48.2 Å². The molecule has 5 heteroatoms. The third-order valence-corrected chi connectivity index (χ3v) is 5.02. The molecule has 0 spiro atoms. The standard InChI is InChI=1S/C21H22N4O/c1-15-18-9-5-6-10-19(18)20(24-23-15)25-13-11-17(12-14-25)22-21(26)16-7-3-2-4-8-16/h2-10,17H,11-14H2,1H3,(H,22,26). The maximum absolute atomic E-state index is 12.3. The molecule has 1 aromatic heterocycles. The molecule has 4 rings (SSSR count). The van der Waals surface area contributed by atoms with Crippen molar-refractivity contribution in [1.82, 2.24) is 15.5 Å². The summed E-state index contributed by atoms with van der Waals surface area (Å²) in [4.78, 5) is 14.6. The molecular formula is C21H22N4O. The highest BCUT2D eigenvalue weighted by Gasteiger charge is 2.23. The van der Waals surface area contributed by atoms with Gasteiger partial charge in [0.1, 0.15) is 0 Å². The predicted octanol–water partition coefficient (Wildman–Crippen LogP) is 3.34. The second-order valence-corrected chi connectivity index (χ2v) is 6.76. The van der Waals surface area contributed by atoms with Gasteiger partial charge < -0.3 is 10.2 Å². The van der Waals surface area contributed by atoms with Gasteiger partial charge in [-0.05, 0) is 31.9 Å². The fourth-order valence-electron chi connectivity index (χ4n) is 3.55. The zero-order valence-corrected chi connectivity index (χ0v) is 14.9. The maximum Gasteiger partial charge on any atom is 0.251 e.